The topological polar surface area (TPSA) is 83.3 Å². The molecule has 0 radical (unpaired) electrons. The molecule has 0 bridgehead atoms. The quantitative estimate of drug-likeness (QED) is 0.449. The average Bonchev–Trinajstić information content (AvgIpc) is 3.21. The first kappa shape index (κ1) is 23.1. The number of amides is 1. The highest BCUT2D eigenvalue weighted by Crippen LogP contribution is 2.24. The molecule has 1 aliphatic carbocycles. The summed E-state index contributed by atoms with van der Waals surface area (Å²) < 4.78 is 1.82. The Bertz CT molecular complexity index is 876. The van der Waals surface area contributed by atoms with E-state index in [4.69, 9.17) is 16.6 Å². The molecule has 0 spiro atoms. The standard InChI is InChI=1S/C23H33ClN6O/c1-4-25-23(29-20-7-5-6-18(12-20)22(31)28-16(2)3)26-13-17-14-27-30(15-17)21-10-8-19(24)9-11-21/h8-11,14-16,18,20H,4-7,12-13H2,1-3H3,(H,28,31)(H2,25,26,29). The summed E-state index contributed by atoms with van der Waals surface area (Å²) in [6.45, 7) is 7.35. The molecule has 0 saturated heterocycles. The van der Waals surface area contributed by atoms with E-state index in [1.165, 1.54) is 0 Å². The van der Waals surface area contributed by atoms with E-state index in [1.54, 1.807) is 0 Å². The van der Waals surface area contributed by atoms with E-state index < -0.39 is 0 Å². The van der Waals surface area contributed by atoms with Gasteiger partial charge in [-0.25, -0.2) is 9.67 Å². The van der Waals surface area contributed by atoms with Crippen LogP contribution in [0.2, 0.25) is 5.02 Å². The second-order valence-corrected chi connectivity index (χ2v) is 8.77. The third-order valence-electron chi connectivity index (χ3n) is 5.31. The lowest BCUT2D eigenvalue weighted by atomic mass is 9.85. The number of hydrogen-bond donors (Lipinski definition) is 3. The van der Waals surface area contributed by atoms with Crippen LogP contribution in [0.25, 0.3) is 5.69 Å². The van der Waals surface area contributed by atoms with Crippen molar-refractivity contribution in [3.63, 3.8) is 0 Å². The van der Waals surface area contributed by atoms with E-state index in [0.717, 1.165) is 49.4 Å². The molecule has 3 N–H and O–H groups in total. The summed E-state index contributed by atoms with van der Waals surface area (Å²) in [5.74, 6) is 1.00. The predicted molar refractivity (Wildman–Crippen MR) is 126 cm³/mol. The number of nitrogens with zero attached hydrogens (tertiary/aromatic N) is 3. The van der Waals surface area contributed by atoms with Gasteiger partial charge in [0.25, 0.3) is 0 Å². The number of nitrogens with one attached hydrogen (secondary N) is 3. The van der Waals surface area contributed by atoms with Crippen molar-refractivity contribution < 1.29 is 4.79 Å². The first-order valence-electron chi connectivity index (χ1n) is 11.1. The maximum absolute atomic E-state index is 12.4. The van der Waals surface area contributed by atoms with Gasteiger partial charge in [-0.05, 0) is 64.3 Å². The summed E-state index contributed by atoms with van der Waals surface area (Å²) in [4.78, 5) is 17.1. The molecule has 1 heterocycles. The highest BCUT2D eigenvalue weighted by Gasteiger charge is 2.28. The summed E-state index contributed by atoms with van der Waals surface area (Å²) in [5, 5.41) is 15.0. The molecule has 0 aliphatic heterocycles. The van der Waals surface area contributed by atoms with Crippen LogP contribution in [0, 0.1) is 5.92 Å². The minimum Gasteiger partial charge on any atom is -0.357 e. The summed E-state index contributed by atoms with van der Waals surface area (Å²) in [6, 6.07) is 7.98. The molecule has 2 aromatic rings. The number of hydrogen-bond acceptors (Lipinski definition) is 3. The zero-order chi connectivity index (χ0) is 22.2. The number of aliphatic imine (C=N–C) groups is 1. The van der Waals surface area contributed by atoms with Gasteiger partial charge in [0.05, 0.1) is 18.4 Å². The Labute approximate surface area is 189 Å². The lowest BCUT2D eigenvalue weighted by Gasteiger charge is -2.30. The van der Waals surface area contributed by atoms with E-state index >= 15 is 0 Å². The van der Waals surface area contributed by atoms with Crippen molar-refractivity contribution in [2.45, 2.75) is 65.1 Å². The van der Waals surface area contributed by atoms with E-state index in [9.17, 15) is 4.79 Å². The van der Waals surface area contributed by atoms with Crippen LogP contribution in [-0.4, -0.2) is 40.3 Å². The van der Waals surface area contributed by atoms with Gasteiger partial charge in [-0.15, -0.1) is 0 Å². The largest absolute Gasteiger partial charge is 0.357 e. The number of rotatable bonds is 7. The number of aromatic nitrogens is 2. The number of guanidine groups is 1. The molecule has 1 aromatic heterocycles. The van der Waals surface area contributed by atoms with E-state index in [-0.39, 0.29) is 23.9 Å². The summed E-state index contributed by atoms with van der Waals surface area (Å²) in [7, 11) is 0. The van der Waals surface area contributed by atoms with Crippen molar-refractivity contribution in [2.24, 2.45) is 10.9 Å². The maximum Gasteiger partial charge on any atom is 0.223 e. The highest BCUT2D eigenvalue weighted by molar-refractivity contribution is 6.30. The van der Waals surface area contributed by atoms with Gasteiger partial charge >= 0.3 is 0 Å². The van der Waals surface area contributed by atoms with Gasteiger partial charge in [0, 0.05) is 41.3 Å². The van der Waals surface area contributed by atoms with Crippen LogP contribution in [0.15, 0.2) is 41.7 Å². The van der Waals surface area contributed by atoms with Crippen LogP contribution in [0.5, 0.6) is 0 Å². The Kier molecular flexibility index (Phi) is 8.35. The Hall–Kier alpha value is -2.54. The third kappa shape index (κ3) is 6.99. The molecule has 7 nitrogen and oxygen atoms in total. The molecule has 3 rings (SSSR count). The van der Waals surface area contributed by atoms with Crippen molar-refractivity contribution >= 4 is 23.5 Å². The molecule has 1 saturated carbocycles. The molecular weight excluding hydrogens is 412 g/mol. The maximum atomic E-state index is 12.4. The van der Waals surface area contributed by atoms with Crippen LogP contribution < -0.4 is 16.0 Å². The third-order valence-corrected chi connectivity index (χ3v) is 5.56. The first-order valence-corrected chi connectivity index (χ1v) is 11.5. The van der Waals surface area contributed by atoms with Crippen molar-refractivity contribution in [3.8, 4) is 5.69 Å². The van der Waals surface area contributed by atoms with Crippen LogP contribution in [0.1, 0.15) is 52.0 Å². The van der Waals surface area contributed by atoms with Gasteiger partial charge in [0.1, 0.15) is 0 Å². The molecular formula is C23H33ClN6O. The second kappa shape index (κ2) is 11.2. The number of halogens is 1. The molecule has 1 aromatic carbocycles. The van der Waals surface area contributed by atoms with Crippen LogP contribution in [0.3, 0.4) is 0 Å². The fraction of sp³-hybridized carbons (Fsp3) is 0.522. The van der Waals surface area contributed by atoms with Crippen molar-refractivity contribution in [2.75, 3.05) is 6.54 Å². The fourth-order valence-corrected chi connectivity index (χ4v) is 3.95. The molecule has 1 aliphatic rings. The van der Waals surface area contributed by atoms with Crippen molar-refractivity contribution in [1.29, 1.82) is 0 Å². The molecule has 8 heteroatoms. The minimum atomic E-state index is 0.0640. The minimum absolute atomic E-state index is 0.0640. The van der Waals surface area contributed by atoms with Crippen LogP contribution >= 0.6 is 11.6 Å². The Balaban J connectivity index is 1.60. The lowest BCUT2D eigenvalue weighted by Crippen LogP contribution is -2.47. The summed E-state index contributed by atoms with van der Waals surface area (Å²) >= 11 is 5.96. The lowest BCUT2D eigenvalue weighted by molar-refractivity contribution is -0.126. The molecule has 1 amide bonds. The monoisotopic (exact) mass is 444 g/mol. The smallest absolute Gasteiger partial charge is 0.223 e. The van der Waals surface area contributed by atoms with E-state index in [0.29, 0.717) is 11.6 Å². The highest BCUT2D eigenvalue weighted by atomic mass is 35.5. The van der Waals surface area contributed by atoms with Gasteiger partial charge in [-0.3, -0.25) is 4.79 Å². The van der Waals surface area contributed by atoms with Crippen LogP contribution in [0.4, 0.5) is 0 Å². The van der Waals surface area contributed by atoms with Crippen molar-refractivity contribution in [1.82, 2.24) is 25.7 Å². The van der Waals surface area contributed by atoms with E-state index in [2.05, 4.69) is 28.0 Å². The average molecular weight is 445 g/mol. The predicted octanol–water partition coefficient (Wildman–Crippen LogP) is 3.66. The SMILES string of the molecule is CCNC(=NCc1cnn(-c2ccc(Cl)cc2)c1)NC1CCCC(C(=O)NC(C)C)C1. The first-order chi connectivity index (χ1) is 14.9. The number of carbonyl (C=O) groups is 1. The summed E-state index contributed by atoms with van der Waals surface area (Å²) in [6.07, 6.45) is 7.68. The molecule has 2 unspecified atom stereocenters. The van der Waals surface area contributed by atoms with Gasteiger partial charge < -0.3 is 16.0 Å². The van der Waals surface area contributed by atoms with Gasteiger partial charge in [-0.2, -0.15) is 5.10 Å². The molecule has 168 valence electrons. The second-order valence-electron chi connectivity index (χ2n) is 8.33. The fourth-order valence-electron chi connectivity index (χ4n) is 3.82. The normalized spacial score (nSPS) is 19.3. The van der Waals surface area contributed by atoms with Crippen LogP contribution in [-0.2, 0) is 11.3 Å². The molecule has 1 fully saturated rings. The van der Waals surface area contributed by atoms with Gasteiger partial charge in [0.15, 0.2) is 5.96 Å². The number of benzene rings is 1. The van der Waals surface area contributed by atoms with E-state index in [1.807, 2.05) is 55.2 Å². The molecule has 31 heavy (non-hydrogen) atoms. The Morgan fingerprint density at radius 2 is 2.06 bits per heavy atom. The summed E-state index contributed by atoms with van der Waals surface area (Å²) in [5.41, 5.74) is 1.97. The zero-order valence-corrected chi connectivity index (χ0v) is 19.3. The van der Waals surface area contributed by atoms with Crippen molar-refractivity contribution in [3.05, 3.63) is 47.2 Å². The zero-order valence-electron chi connectivity index (χ0n) is 18.6. The van der Waals surface area contributed by atoms with Gasteiger partial charge in [-0.1, -0.05) is 18.0 Å². The Morgan fingerprint density at radius 3 is 2.77 bits per heavy atom. The molecule has 2 atom stereocenters. The van der Waals surface area contributed by atoms with Gasteiger partial charge in [0.2, 0.25) is 5.91 Å². The number of carbonyl (C=O) groups excluding carboxylic acids is 1. The Morgan fingerprint density at radius 1 is 1.29 bits per heavy atom.